The van der Waals surface area contributed by atoms with Crippen LogP contribution in [0.25, 0.3) is 0 Å². The fourth-order valence-electron chi connectivity index (χ4n) is 2.22. The highest BCUT2D eigenvalue weighted by molar-refractivity contribution is 5.55. The van der Waals surface area contributed by atoms with Gasteiger partial charge >= 0.3 is 0 Å². The summed E-state index contributed by atoms with van der Waals surface area (Å²) in [6, 6.07) is 5.19. The van der Waals surface area contributed by atoms with Crippen molar-refractivity contribution in [3.8, 4) is 0 Å². The third-order valence-corrected chi connectivity index (χ3v) is 3.35. The van der Waals surface area contributed by atoms with Gasteiger partial charge in [-0.15, -0.1) is 0 Å². The summed E-state index contributed by atoms with van der Waals surface area (Å²) in [4.78, 5) is 1.96. The van der Waals surface area contributed by atoms with E-state index in [-0.39, 0.29) is 18.0 Å². The van der Waals surface area contributed by atoms with E-state index >= 15 is 0 Å². The topological polar surface area (TPSA) is 35.5 Å². The maximum Gasteiger partial charge on any atom is 0.146 e. The summed E-state index contributed by atoms with van der Waals surface area (Å²) in [7, 11) is 0. The minimum absolute atomic E-state index is 0.0190. The number of hydrogen-bond acceptors (Lipinski definition) is 3. The average molecular weight is 296 g/mol. The van der Waals surface area contributed by atoms with Gasteiger partial charge in [0.05, 0.1) is 12.3 Å². The van der Waals surface area contributed by atoms with Gasteiger partial charge in [-0.2, -0.15) is 0 Å². The summed E-state index contributed by atoms with van der Waals surface area (Å²) in [6.07, 6.45) is 2.03. The van der Waals surface area contributed by atoms with Crippen LogP contribution < -0.4 is 10.2 Å². The summed E-state index contributed by atoms with van der Waals surface area (Å²) < 4.78 is 14.3. The zero-order valence-electron chi connectivity index (χ0n) is 13.7. The number of anilines is 1. The number of rotatable bonds is 8. The van der Waals surface area contributed by atoms with E-state index in [1.54, 1.807) is 6.07 Å². The highest BCUT2D eigenvalue weighted by Crippen LogP contribution is 2.25. The SMILES string of the molecule is CCCCN(CCO)c1c(F)cccc1CNC(C)(C)C. The van der Waals surface area contributed by atoms with Gasteiger partial charge in [0.1, 0.15) is 5.82 Å². The van der Waals surface area contributed by atoms with Gasteiger partial charge in [-0.05, 0) is 38.8 Å². The maximum absolute atomic E-state index is 14.3. The lowest BCUT2D eigenvalue weighted by Crippen LogP contribution is -2.36. The van der Waals surface area contributed by atoms with Crippen molar-refractivity contribution in [3.63, 3.8) is 0 Å². The van der Waals surface area contributed by atoms with E-state index in [4.69, 9.17) is 0 Å². The lowest BCUT2D eigenvalue weighted by molar-refractivity contribution is 0.301. The third-order valence-electron chi connectivity index (χ3n) is 3.35. The lowest BCUT2D eigenvalue weighted by atomic mass is 10.1. The first kappa shape index (κ1) is 17.9. The fourth-order valence-corrected chi connectivity index (χ4v) is 2.22. The molecule has 0 aromatic heterocycles. The van der Waals surface area contributed by atoms with E-state index in [2.05, 4.69) is 33.0 Å². The number of para-hydroxylation sites is 1. The number of aliphatic hydroxyl groups is 1. The Kier molecular flexibility index (Phi) is 7.12. The lowest BCUT2D eigenvalue weighted by Gasteiger charge is -2.28. The maximum atomic E-state index is 14.3. The van der Waals surface area contributed by atoms with Crippen LogP contribution in [0, 0.1) is 5.82 Å². The smallest absolute Gasteiger partial charge is 0.146 e. The van der Waals surface area contributed by atoms with Gasteiger partial charge in [0.15, 0.2) is 0 Å². The quantitative estimate of drug-likeness (QED) is 0.772. The predicted molar refractivity (Wildman–Crippen MR) is 87.2 cm³/mol. The van der Waals surface area contributed by atoms with Crippen molar-refractivity contribution in [1.29, 1.82) is 0 Å². The molecule has 0 saturated heterocycles. The second kappa shape index (κ2) is 8.35. The summed E-state index contributed by atoms with van der Waals surface area (Å²) in [5, 5.41) is 12.7. The van der Waals surface area contributed by atoms with Crippen molar-refractivity contribution in [2.45, 2.75) is 52.6 Å². The molecule has 0 spiro atoms. The molecule has 1 aromatic carbocycles. The summed E-state index contributed by atoms with van der Waals surface area (Å²) in [5.74, 6) is -0.215. The van der Waals surface area contributed by atoms with Crippen LogP contribution in [-0.2, 0) is 6.54 Å². The number of nitrogens with one attached hydrogen (secondary N) is 1. The molecule has 0 radical (unpaired) electrons. The van der Waals surface area contributed by atoms with Gasteiger partial charge in [-0.3, -0.25) is 0 Å². The largest absolute Gasteiger partial charge is 0.395 e. The van der Waals surface area contributed by atoms with Crippen LogP contribution in [0.15, 0.2) is 18.2 Å². The Bertz CT molecular complexity index is 429. The van der Waals surface area contributed by atoms with E-state index in [0.29, 0.717) is 18.8 Å². The van der Waals surface area contributed by atoms with Crippen LogP contribution >= 0.6 is 0 Å². The van der Waals surface area contributed by atoms with Crippen molar-refractivity contribution in [2.24, 2.45) is 0 Å². The van der Waals surface area contributed by atoms with Crippen molar-refractivity contribution < 1.29 is 9.50 Å². The van der Waals surface area contributed by atoms with Gasteiger partial charge in [0.25, 0.3) is 0 Å². The molecule has 120 valence electrons. The Hall–Kier alpha value is -1.13. The molecule has 1 rings (SSSR count). The van der Waals surface area contributed by atoms with E-state index in [1.807, 2.05) is 11.0 Å². The highest BCUT2D eigenvalue weighted by atomic mass is 19.1. The van der Waals surface area contributed by atoms with Crippen LogP contribution in [-0.4, -0.2) is 30.3 Å². The van der Waals surface area contributed by atoms with Crippen LogP contribution in [0.4, 0.5) is 10.1 Å². The van der Waals surface area contributed by atoms with E-state index < -0.39 is 0 Å². The normalized spacial score (nSPS) is 11.7. The average Bonchev–Trinajstić information content (AvgIpc) is 2.41. The van der Waals surface area contributed by atoms with Crippen LogP contribution in [0.1, 0.15) is 46.1 Å². The zero-order chi connectivity index (χ0) is 15.9. The van der Waals surface area contributed by atoms with Crippen LogP contribution in [0.5, 0.6) is 0 Å². The van der Waals surface area contributed by atoms with Crippen molar-refractivity contribution in [2.75, 3.05) is 24.6 Å². The second-order valence-corrected chi connectivity index (χ2v) is 6.42. The number of nitrogens with zero attached hydrogens (tertiary/aromatic N) is 1. The molecule has 0 amide bonds. The molecule has 2 N–H and O–H groups in total. The molecule has 0 aliphatic rings. The molecule has 21 heavy (non-hydrogen) atoms. The minimum Gasteiger partial charge on any atom is -0.395 e. The Morgan fingerprint density at radius 2 is 1.95 bits per heavy atom. The molecule has 0 fully saturated rings. The van der Waals surface area contributed by atoms with Crippen molar-refractivity contribution in [3.05, 3.63) is 29.6 Å². The summed E-state index contributed by atoms with van der Waals surface area (Å²) in [5.41, 5.74) is 1.54. The second-order valence-electron chi connectivity index (χ2n) is 6.42. The predicted octanol–water partition coefficient (Wildman–Crippen LogP) is 3.31. The van der Waals surface area contributed by atoms with E-state index in [1.165, 1.54) is 6.07 Å². The minimum atomic E-state index is -0.215. The van der Waals surface area contributed by atoms with Gasteiger partial charge in [-0.1, -0.05) is 25.5 Å². The Labute approximate surface area is 128 Å². The summed E-state index contributed by atoms with van der Waals surface area (Å²) >= 11 is 0. The fraction of sp³-hybridized carbons (Fsp3) is 0.647. The third kappa shape index (κ3) is 6.02. The first-order valence-electron chi connectivity index (χ1n) is 7.77. The van der Waals surface area contributed by atoms with Crippen molar-refractivity contribution in [1.82, 2.24) is 5.32 Å². The highest BCUT2D eigenvalue weighted by Gasteiger charge is 2.17. The Balaban J connectivity index is 3.00. The molecule has 4 heteroatoms. The molecule has 0 aliphatic carbocycles. The standard InChI is InChI=1S/C17H29FN2O/c1-5-6-10-20(11-12-21)16-14(8-7-9-15(16)18)13-19-17(2,3)4/h7-9,19,21H,5-6,10-13H2,1-4H3. The van der Waals surface area contributed by atoms with Crippen LogP contribution in [0.2, 0.25) is 0 Å². The van der Waals surface area contributed by atoms with E-state index in [0.717, 1.165) is 24.9 Å². The molecular weight excluding hydrogens is 267 g/mol. The Morgan fingerprint density at radius 1 is 1.24 bits per heavy atom. The Morgan fingerprint density at radius 3 is 2.52 bits per heavy atom. The van der Waals surface area contributed by atoms with Crippen LogP contribution in [0.3, 0.4) is 0 Å². The summed E-state index contributed by atoms with van der Waals surface area (Å²) in [6.45, 7) is 10.3. The van der Waals surface area contributed by atoms with Gasteiger partial charge in [0.2, 0.25) is 0 Å². The zero-order valence-corrected chi connectivity index (χ0v) is 13.7. The molecule has 0 atom stereocenters. The number of benzene rings is 1. The number of aliphatic hydroxyl groups excluding tert-OH is 1. The molecular formula is C17H29FN2O. The van der Waals surface area contributed by atoms with Crippen molar-refractivity contribution >= 4 is 5.69 Å². The molecule has 0 bridgehead atoms. The first-order valence-corrected chi connectivity index (χ1v) is 7.77. The first-order chi connectivity index (χ1) is 9.89. The van der Waals surface area contributed by atoms with Gasteiger partial charge in [0, 0.05) is 25.2 Å². The van der Waals surface area contributed by atoms with Gasteiger partial charge < -0.3 is 15.3 Å². The molecule has 0 unspecified atom stereocenters. The monoisotopic (exact) mass is 296 g/mol. The molecule has 1 aromatic rings. The number of halogens is 1. The molecule has 0 saturated carbocycles. The molecule has 0 aliphatic heterocycles. The molecule has 0 heterocycles. The van der Waals surface area contributed by atoms with Gasteiger partial charge in [-0.25, -0.2) is 4.39 Å². The number of unbranched alkanes of at least 4 members (excludes halogenated alkanes) is 1. The molecule has 3 nitrogen and oxygen atoms in total. The van der Waals surface area contributed by atoms with E-state index in [9.17, 15) is 9.50 Å². The number of hydrogen-bond donors (Lipinski definition) is 2.